The summed E-state index contributed by atoms with van der Waals surface area (Å²) in [6.45, 7) is 2.40. The average Bonchev–Trinajstić information content (AvgIpc) is 2.41. The molecule has 1 fully saturated rings. The Morgan fingerprint density at radius 3 is 2.59 bits per heavy atom. The predicted molar refractivity (Wildman–Crippen MR) is 77.7 cm³/mol. The molecule has 5 nitrogen and oxygen atoms in total. The largest absolute Gasteiger partial charge is 0.339 e. The Balaban J connectivity index is 2.05. The van der Waals surface area contributed by atoms with Gasteiger partial charge in [-0.05, 0) is 25.1 Å². The fourth-order valence-corrected chi connectivity index (χ4v) is 3.75. The summed E-state index contributed by atoms with van der Waals surface area (Å²) in [4.78, 5) is 13.7. The van der Waals surface area contributed by atoms with E-state index in [9.17, 15) is 22.0 Å². The number of benzene rings is 1. The second-order valence-corrected chi connectivity index (χ2v) is 7.41. The first-order valence-electron chi connectivity index (χ1n) is 6.87. The van der Waals surface area contributed by atoms with Gasteiger partial charge in [-0.15, -0.1) is 0 Å². The summed E-state index contributed by atoms with van der Waals surface area (Å²) < 4.78 is 51.2. The van der Waals surface area contributed by atoms with E-state index in [0.29, 0.717) is 0 Å². The molecule has 1 saturated heterocycles. The molecule has 0 spiro atoms. The van der Waals surface area contributed by atoms with Crippen molar-refractivity contribution in [2.75, 3.05) is 25.9 Å². The lowest BCUT2D eigenvalue weighted by molar-refractivity contribution is -0.132. The number of sulfonamides is 1. The highest BCUT2D eigenvalue weighted by Crippen LogP contribution is 2.16. The number of carbonyl (C=O) groups is 1. The van der Waals surface area contributed by atoms with Crippen molar-refractivity contribution in [1.82, 2.24) is 9.21 Å². The molecule has 122 valence electrons. The molecule has 1 aromatic rings. The molecule has 0 saturated carbocycles. The first-order chi connectivity index (χ1) is 10.2. The normalized spacial score (nSPS) is 20.2. The lowest BCUT2D eigenvalue weighted by atomic mass is 10.1. The van der Waals surface area contributed by atoms with E-state index < -0.39 is 21.7 Å². The van der Waals surface area contributed by atoms with Crippen LogP contribution in [0.1, 0.15) is 12.5 Å². The molecular formula is C14H18F2N2O3S. The van der Waals surface area contributed by atoms with Crippen molar-refractivity contribution in [2.45, 2.75) is 19.4 Å². The Labute approximate surface area is 128 Å². The number of hydrogen-bond donors (Lipinski definition) is 0. The number of carbonyl (C=O) groups excluding carboxylic acids is 1. The van der Waals surface area contributed by atoms with E-state index in [0.717, 1.165) is 24.5 Å². The van der Waals surface area contributed by atoms with E-state index >= 15 is 0 Å². The van der Waals surface area contributed by atoms with Crippen molar-refractivity contribution < 1.29 is 22.0 Å². The van der Waals surface area contributed by atoms with E-state index in [1.54, 1.807) is 6.92 Å². The number of rotatable bonds is 3. The number of halogens is 2. The van der Waals surface area contributed by atoms with Crippen molar-refractivity contribution in [3.8, 4) is 0 Å². The summed E-state index contributed by atoms with van der Waals surface area (Å²) in [7, 11) is -3.31. The van der Waals surface area contributed by atoms with Crippen molar-refractivity contribution >= 4 is 15.9 Å². The van der Waals surface area contributed by atoms with Gasteiger partial charge in [0.1, 0.15) is 11.6 Å². The molecule has 1 aliphatic heterocycles. The highest BCUT2D eigenvalue weighted by atomic mass is 32.2. The van der Waals surface area contributed by atoms with Crippen molar-refractivity contribution in [3.63, 3.8) is 0 Å². The third kappa shape index (κ3) is 3.80. The molecule has 0 radical (unpaired) electrons. The molecule has 1 atom stereocenters. The molecule has 1 aliphatic rings. The second kappa shape index (κ2) is 6.29. The van der Waals surface area contributed by atoms with Gasteiger partial charge in [-0.3, -0.25) is 4.79 Å². The zero-order chi connectivity index (χ0) is 16.5. The highest BCUT2D eigenvalue weighted by molar-refractivity contribution is 7.88. The van der Waals surface area contributed by atoms with Crippen LogP contribution in [-0.4, -0.2) is 55.5 Å². The van der Waals surface area contributed by atoms with Crippen LogP contribution in [0, 0.1) is 11.6 Å². The average molecular weight is 332 g/mol. The van der Waals surface area contributed by atoms with E-state index in [1.165, 1.54) is 9.21 Å². The molecule has 0 unspecified atom stereocenters. The minimum atomic E-state index is -3.31. The number of hydrogen-bond acceptors (Lipinski definition) is 3. The van der Waals surface area contributed by atoms with Crippen LogP contribution >= 0.6 is 0 Å². The van der Waals surface area contributed by atoms with Crippen LogP contribution in [0.2, 0.25) is 0 Å². The standard InChI is InChI=1S/C14H18F2N2O3S/c1-10-9-17(5-6-18(10)22(2,20)21)14(19)8-11-7-12(15)3-4-13(11)16/h3-4,7,10H,5-6,8-9H2,1-2H3/t10-/m0/s1. The van der Waals surface area contributed by atoms with Crippen LogP contribution in [0.4, 0.5) is 8.78 Å². The van der Waals surface area contributed by atoms with Gasteiger partial charge in [0, 0.05) is 31.2 Å². The summed E-state index contributed by atoms with van der Waals surface area (Å²) in [5.74, 6) is -1.57. The van der Waals surface area contributed by atoms with Crippen LogP contribution < -0.4 is 0 Å². The topological polar surface area (TPSA) is 57.7 Å². The number of amides is 1. The summed E-state index contributed by atoms with van der Waals surface area (Å²) in [5.41, 5.74) is 0.00296. The quantitative estimate of drug-likeness (QED) is 0.830. The predicted octanol–water partition coefficient (Wildman–Crippen LogP) is 1.000. The Bertz CT molecular complexity index is 679. The van der Waals surface area contributed by atoms with Crippen LogP contribution in [0.5, 0.6) is 0 Å². The molecule has 0 aliphatic carbocycles. The van der Waals surface area contributed by atoms with Crippen molar-refractivity contribution in [1.29, 1.82) is 0 Å². The van der Waals surface area contributed by atoms with Crippen molar-refractivity contribution in [2.24, 2.45) is 0 Å². The lowest BCUT2D eigenvalue weighted by Crippen LogP contribution is -2.55. The van der Waals surface area contributed by atoms with Gasteiger partial charge in [0.2, 0.25) is 15.9 Å². The van der Waals surface area contributed by atoms with Crippen LogP contribution in [0.25, 0.3) is 0 Å². The molecule has 0 aromatic heterocycles. The maximum atomic E-state index is 13.6. The Morgan fingerprint density at radius 2 is 2.00 bits per heavy atom. The Hall–Kier alpha value is -1.54. The minimum absolute atomic E-state index is 0.00296. The fourth-order valence-electron chi connectivity index (χ4n) is 2.61. The first-order valence-corrected chi connectivity index (χ1v) is 8.72. The molecule has 1 amide bonds. The molecule has 8 heteroatoms. The van der Waals surface area contributed by atoms with E-state index in [1.807, 2.05) is 0 Å². The van der Waals surface area contributed by atoms with Gasteiger partial charge >= 0.3 is 0 Å². The third-order valence-corrected chi connectivity index (χ3v) is 5.09. The molecular weight excluding hydrogens is 314 g/mol. The minimum Gasteiger partial charge on any atom is -0.339 e. The molecule has 1 heterocycles. The molecule has 1 aromatic carbocycles. The number of piperazine rings is 1. The third-order valence-electron chi connectivity index (χ3n) is 3.69. The highest BCUT2D eigenvalue weighted by Gasteiger charge is 2.31. The summed E-state index contributed by atoms with van der Waals surface area (Å²) in [6.07, 6.45) is 0.887. The van der Waals surface area contributed by atoms with Crippen molar-refractivity contribution in [3.05, 3.63) is 35.4 Å². The van der Waals surface area contributed by atoms with Gasteiger partial charge in [0.15, 0.2) is 0 Å². The van der Waals surface area contributed by atoms with E-state index in [4.69, 9.17) is 0 Å². The Morgan fingerprint density at radius 1 is 1.32 bits per heavy atom. The van der Waals surface area contributed by atoms with E-state index in [2.05, 4.69) is 0 Å². The van der Waals surface area contributed by atoms with Gasteiger partial charge in [-0.25, -0.2) is 17.2 Å². The zero-order valence-corrected chi connectivity index (χ0v) is 13.2. The smallest absolute Gasteiger partial charge is 0.227 e. The molecule has 0 N–H and O–H groups in total. The first kappa shape index (κ1) is 16.8. The van der Waals surface area contributed by atoms with Crippen LogP contribution in [0.3, 0.4) is 0 Å². The van der Waals surface area contributed by atoms with Gasteiger partial charge < -0.3 is 4.90 Å². The molecule has 2 rings (SSSR count). The van der Waals surface area contributed by atoms with Gasteiger partial charge in [-0.1, -0.05) is 0 Å². The monoisotopic (exact) mass is 332 g/mol. The summed E-state index contributed by atoms with van der Waals surface area (Å²) in [5, 5.41) is 0. The van der Waals surface area contributed by atoms with Gasteiger partial charge in [-0.2, -0.15) is 4.31 Å². The van der Waals surface area contributed by atoms with E-state index in [-0.39, 0.29) is 43.6 Å². The SMILES string of the molecule is C[C@H]1CN(C(=O)Cc2cc(F)ccc2F)CCN1S(C)(=O)=O. The molecule has 0 bridgehead atoms. The second-order valence-electron chi connectivity index (χ2n) is 5.47. The Kier molecular flexibility index (Phi) is 4.81. The lowest BCUT2D eigenvalue weighted by Gasteiger charge is -2.38. The van der Waals surface area contributed by atoms with Gasteiger partial charge in [0.25, 0.3) is 0 Å². The van der Waals surface area contributed by atoms with Crippen LogP contribution in [0.15, 0.2) is 18.2 Å². The molecule has 22 heavy (non-hydrogen) atoms. The summed E-state index contributed by atoms with van der Waals surface area (Å²) in [6, 6.07) is 2.65. The number of nitrogens with zero attached hydrogens (tertiary/aromatic N) is 2. The maximum absolute atomic E-state index is 13.6. The zero-order valence-electron chi connectivity index (χ0n) is 12.4. The maximum Gasteiger partial charge on any atom is 0.227 e. The van der Waals surface area contributed by atoms with Gasteiger partial charge in [0.05, 0.1) is 12.7 Å². The van der Waals surface area contributed by atoms with Crippen LogP contribution in [-0.2, 0) is 21.2 Å². The summed E-state index contributed by atoms with van der Waals surface area (Å²) >= 11 is 0. The fraction of sp³-hybridized carbons (Fsp3) is 0.500.